The van der Waals surface area contributed by atoms with Gasteiger partial charge in [0.15, 0.2) is 17.5 Å². The number of carbonyl (C=O) groups is 1. The van der Waals surface area contributed by atoms with Crippen molar-refractivity contribution in [3.63, 3.8) is 0 Å². The van der Waals surface area contributed by atoms with Crippen LogP contribution >= 0.6 is 0 Å². The van der Waals surface area contributed by atoms with Gasteiger partial charge in [-0.1, -0.05) is 12.1 Å². The van der Waals surface area contributed by atoms with Crippen LogP contribution in [-0.2, 0) is 6.42 Å². The third kappa shape index (κ3) is 3.75. The molecule has 0 heterocycles. The third-order valence-electron chi connectivity index (χ3n) is 2.92. The summed E-state index contributed by atoms with van der Waals surface area (Å²) in [5.74, 6) is -5.03. The Morgan fingerprint density at radius 1 is 1.05 bits per heavy atom. The molecular formula is C15H13F3N2O. The molecule has 2 aromatic rings. The van der Waals surface area contributed by atoms with Crippen molar-refractivity contribution in [2.45, 2.75) is 6.42 Å². The van der Waals surface area contributed by atoms with E-state index in [2.05, 4.69) is 5.32 Å². The van der Waals surface area contributed by atoms with Crippen molar-refractivity contribution in [3.8, 4) is 0 Å². The molecule has 0 unspecified atom stereocenters. The van der Waals surface area contributed by atoms with Crippen LogP contribution in [0.15, 0.2) is 36.4 Å². The topological polar surface area (TPSA) is 55.1 Å². The number of anilines is 1. The van der Waals surface area contributed by atoms with E-state index in [1.54, 1.807) is 12.1 Å². The Balaban J connectivity index is 1.94. The first-order chi connectivity index (χ1) is 9.97. The molecule has 0 aliphatic rings. The van der Waals surface area contributed by atoms with Crippen molar-refractivity contribution in [2.24, 2.45) is 0 Å². The fraction of sp³-hybridized carbons (Fsp3) is 0.133. The maximum Gasteiger partial charge on any atom is 0.251 e. The highest BCUT2D eigenvalue weighted by atomic mass is 19.2. The average molecular weight is 294 g/mol. The lowest BCUT2D eigenvalue weighted by Gasteiger charge is -2.06. The van der Waals surface area contributed by atoms with E-state index in [1.165, 1.54) is 0 Å². The Hall–Kier alpha value is -2.50. The average Bonchev–Trinajstić information content (AvgIpc) is 2.46. The van der Waals surface area contributed by atoms with E-state index in [-0.39, 0.29) is 12.1 Å². The monoisotopic (exact) mass is 294 g/mol. The zero-order valence-electron chi connectivity index (χ0n) is 11.0. The summed E-state index contributed by atoms with van der Waals surface area (Å²) in [5.41, 5.74) is 6.89. The SMILES string of the molecule is Nc1ccc(CCNC(=O)c2cc(F)c(F)c(F)c2)cc1. The van der Waals surface area contributed by atoms with Crippen molar-refractivity contribution in [3.05, 3.63) is 65.0 Å². The summed E-state index contributed by atoms with van der Waals surface area (Å²) >= 11 is 0. The number of hydrogen-bond donors (Lipinski definition) is 2. The second-order valence-electron chi connectivity index (χ2n) is 4.50. The first-order valence-electron chi connectivity index (χ1n) is 6.24. The largest absolute Gasteiger partial charge is 0.399 e. The van der Waals surface area contributed by atoms with E-state index in [0.717, 1.165) is 5.56 Å². The van der Waals surface area contributed by atoms with Gasteiger partial charge in [-0.2, -0.15) is 0 Å². The molecule has 0 radical (unpaired) electrons. The molecule has 0 atom stereocenters. The lowest BCUT2D eigenvalue weighted by atomic mass is 10.1. The molecule has 0 spiro atoms. The number of rotatable bonds is 4. The highest BCUT2D eigenvalue weighted by Crippen LogP contribution is 2.13. The van der Waals surface area contributed by atoms with Gasteiger partial charge in [-0.15, -0.1) is 0 Å². The van der Waals surface area contributed by atoms with Gasteiger partial charge in [-0.25, -0.2) is 13.2 Å². The van der Waals surface area contributed by atoms with E-state index >= 15 is 0 Å². The first kappa shape index (κ1) is 14.9. The zero-order valence-corrected chi connectivity index (χ0v) is 11.0. The quantitative estimate of drug-likeness (QED) is 0.673. The molecule has 3 N–H and O–H groups in total. The summed E-state index contributed by atoms with van der Waals surface area (Å²) in [7, 11) is 0. The summed E-state index contributed by atoms with van der Waals surface area (Å²) in [6.45, 7) is 0.281. The Morgan fingerprint density at radius 3 is 2.19 bits per heavy atom. The van der Waals surface area contributed by atoms with Crippen LogP contribution < -0.4 is 11.1 Å². The molecule has 0 saturated heterocycles. The van der Waals surface area contributed by atoms with Gasteiger partial charge in [0.1, 0.15) is 0 Å². The Bertz CT molecular complexity index is 633. The van der Waals surface area contributed by atoms with Gasteiger partial charge < -0.3 is 11.1 Å². The zero-order chi connectivity index (χ0) is 15.4. The van der Waals surface area contributed by atoms with Crippen molar-refractivity contribution >= 4 is 11.6 Å². The molecule has 0 aliphatic carbocycles. The van der Waals surface area contributed by atoms with Crippen molar-refractivity contribution in [1.29, 1.82) is 0 Å². The third-order valence-corrected chi connectivity index (χ3v) is 2.92. The number of nitrogens with two attached hydrogens (primary N) is 1. The predicted molar refractivity (Wildman–Crippen MR) is 73.2 cm³/mol. The number of nitrogens with one attached hydrogen (secondary N) is 1. The number of halogens is 3. The van der Waals surface area contributed by atoms with Crippen LogP contribution in [0, 0.1) is 17.5 Å². The van der Waals surface area contributed by atoms with Crippen molar-refractivity contribution < 1.29 is 18.0 Å². The number of benzene rings is 2. The van der Waals surface area contributed by atoms with Crippen molar-refractivity contribution in [1.82, 2.24) is 5.32 Å². The Kier molecular flexibility index (Phi) is 4.47. The second kappa shape index (κ2) is 6.30. The molecule has 110 valence electrons. The molecule has 21 heavy (non-hydrogen) atoms. The highest BCUT2D eigenvalue weighted by molar-refractivity contribution is 5.94. The lowest BCUT2D eigenvalue weighted by molar-refractivity contribution is 0.0953. The second-order valence-corrected chi connectivity index (χ2v) is 4.50. The lowest BCUT2D eigenvalue weighted by Crippen LogP contribution is -2.26. The summed E-state index contributed by atoms with van der Waals surface area (Å²) in [4.78, 5) is 11.7. The van der Waals surface area contributed by atoms with Crippen LogP contribution in [0.5, 0.6) is 0 Å². The van der Waals surface area contributed by atoms with Gasteiger partial charge in [-0.05, 0) is 36.2 Å². The van der Waals surface area contributed by atoms with Gasteiger partial charge in [-0.3, -0.25) is 4.79 Å². The molecular weight excluding hydrogens is 281 g/mol. The minimum Gasteiger partial charge on any atom is -0.399 e. The normalized spacial score (nSPS) is 10.4. The smallest absolute Gasteiger partial charge is 0.251 e. The highest BCUT2D eigenvalue weighted by Gasteiger charge is 2.14. The van der Waals surface area contributed by atoms with Crippen LogP contribution in [-0.4, -0.2) is 12.5 Å². The van der Waals surface area contributed by atoms with Crippen LogP contribution in [0.25, 0.3) is 0 Å². The Labute approximate surface area is 119 Å². The molecule has 2 aromatic carbocycles. The minimum absolute atomic E-state index is 0.260. The predicted octanol–water partition coefficient (Wildman–Crippen LogP) is 2.66. The summed E-state index contributed by atoms with van der Waals surface area (Å²) < 4.78 is 38.8. The molecule has 3 nitrogen and oxygen atoms in total. The van der Waals surface area contributed by atoms with E-state index < -0.39 is 23.4 Å². The molecule has 6 heteroatoms. The van der Waals surface area contributed by atoms with Crippen LogP contribution in [0.2, 0.25) is 0 Å². The van der Waals surface area contributed by atoms with Gasteiger partial charge in [0.05, 0.1) is 0 Å². The number of nitrogen functional groups attached to an aromatic ring is 1. The van der Waals surface area contributed by atoms with E-state index in [9.17, 15) is 18.0 Å². The molecule has 0 saturated carbocycles. The molecule has 2 rings (SSSR count). The fourth-order valence-corrected chi connectivity index (χ4v) is 1.79. The van der Waals surface area contributed by atoms with Crippen LogP contribution in [0.3, 0.4) is 0 Å². The minimum atomic E-state index is -1.59. The fourth-order valence-electron chi connectivity index (χ4n) is 1.79. The van der Waals surface area contributed by atoms with E-state index in [0.29, 0.717) is 24.2 Å². The molecule has 0 bridgehead atoms. The summed E-state index contributed by atoms with van der Waals surface area (Å²) in [6, 6.07) is 8.44. The summed E-state index contributed by atoms with van der Waals surface area (Å²) in [5, 5.41) is 2.51. The number of amides is 1. The van der Waals surface area contributed by atoms with Crippen molar-refractivity contribution in [2.75, 3.05) is 12.3 Å². The Morgan fingerprint density at radius 2 is 1.62 bits per heavy atom. The standard InChI is InChI=1S/C15H13F3N2O/c16-12-7-10(8-13(17)14(12)18)15(21)20-6-5-9-1-3-11(19)4-2-9/h1-4,7-8H,5-6,19H2,(H,20,21). The molecule has 0 aliphatic heterocycles. The first-order valence-corrected chi connectivity index (χ1v) is 6.24. The number of hydrogen-bond acceptors (Lipinski definition) is 2. The maximum absolute atomic E-state index is 13.0. The van der Waals surface area contributed by atoms with Crippen LogP contribution in [0.4, 0.5) is 18.9 Å². The van der Waals surface area contributed by atoms with E-state index in [1.807, 2.05) is 12.1 Å². The maximum atomic E-state index is 13.0. The van der Waals surface area contributed by atoms with Gasteiger partial charge in [0, 0.05) is 17.8 Å². The molecule has 1 amide bonds. The number of carbonyl (C=O) groups excluding carboxylic acids is 1. The summed E-state index contributed by atoms with van der Waals surface area (Å²) in [6.07, 6.45) is 0.540. The van der Waals surface area contributed by atoms with Gasteiger partial charge in [0.2, 0.25) is 0 Å². The van der Waals surface area contributed by atoms with E-state index in [4.69, 9.17) is 5.73 Å². The molecule has 0 aromatic heterocycles. The molecule has 0 fully saturated rings. The van der Waals surface area contributed by atoms with Gasteiger partial charge in [0.25, 0.3) is 5.91 Å². The van der Waals surface area contributed by atoms with Gasteiger partial charge >= 0.3 is 0 Å². The van der Waals surface area contributed by atoms with Crippen LogP contribution in [0.1, 0.15) is 15.9 Å².